The van der Waals surface area contributed by atoms with Gasteiger partial charge in [-0.25, -0.2) is 4.98 Å². The van der Waals surface area contributed by atoms with Crippen LogP contribution in [-0.2, 0) is 0 Å². The van der Waals surface area contributed by atoms with Crippen LogP contribution in [-0.4, -0.2) is 60.7 Å². The number of piperidine rings is 1. The van der Waals surface area contributed by atoms with Gasteiger partial charge in [0.05, 0.1) is 5.69 Å². The molecule has 5 nitrogen and oxygen atoms in total. The lowest BCUT2D eigenvalue weighted by Gasteiger charge is -2.35. The molecule has 0 spiro atoms. The standard InChI is InChI=1S/C21H29N5/c1-2-24-13-15-25(16-14-24)20-17-19(18-9-5-3-6-10-18)22-21(23-20)26-11-7-4-8-12-26/h3,5-6,9-10,17H,2,4,7-8,11-16H2,1H3. The Hall–Kier alpha value is -2.14. The Kier molecular flexibility index (Phi) is 5.34. The molecular weight excluding hydrogens is 322 g/mol. The van der Waals surface area contributed by atoms with Gasteiger partial charge in [0.15, 0.2) is 0 Å². The predicted octanol–water partition coefficient (Wildman–Crippen LogP) is 3.28. The number of rotatable bonds is 4. The molecule has 2 aromatic rings. The summed E-state index contributed by atoms with van der Waals surface area (Å²) in [6.07, 6.45) is 3.80. The van der Waals surface area contributed by atoms with E-state index in [1.165, 1.54) is 24.8 Å². The Morgan fingerprint density at radius 2 is 1.54 bits per heavy atom. The third kappa shape index (κ3) is 3.83. The molecule has 2 aliphatic rings. The van der Waals surface area contributed by atoms with Crippen molar-refractivity contribution >= 4 is 11.8 Å². The Labute approximate surface area is 156 Å². The van der Waals surface area contributed by atoms with Gasteiger partial charge < -0.3 is 14.7 Å². The Bertz CT molecular complexity index is 704. The first-order valence-electron chi connectivity index (χ1n) is 10.0. The molecule has 0 unspecified atom stereocenters. The topological polar surface area (TPSA) is 35.5 Å². The third-order valence-corrected chi connectivity index (χ3v) is 5.55. The highest BCUT2D eigenvalue weighted by atomic mass is 15.3. The van der Waals surface area contributed by atoms with Crippen LogP contribution in [0.1, 0.15) is 26.2 Å². The smallest absolute Gasteiger partial charge is 0.227 e. The Morgan fingerprint density at radius 1 is 0.808 bits per heavy atom. The van der Waals surface area contributed by atoms with Crippen molar-refractivity contribution in [3.8, 4) is 11.3 Å². The molecule has 0 radical (unpaired) electrons. The molecule has 3 heterocycles. The summed E-state index contributed by atoms with van der Waals surface area (Å²) in [6.45, 7) is 9.81. The maximum Gasteiger partial charge on any atom is 0.227 e. The first-order valence-corrected chi connectivity index (χ1v) is 10.0. The van der Waals surface area contributed by atoms with Crippen LogP contribution >= 0.6 is 0 Å². The fourth-order valence-electron chi connectivity index (χ4n) is 3.87. The van der Waals surface area contributed by atoms with Crippen LogP contribution in [0.15, 0.2) is 36.4 Å². The molecular formula is C21H29N5. The van der Waals surface area contributed by atoms with Gasteiger partial charge >= 0.3 is 0 Å². The lowest BCUT2D eigenvalue weighted by atomic mass is 10.1. The molecule has 0 bridgehead atoms. The van der Waals surface area contributed by atoms with Crippen LogP contribution in [0.3, 0.4) is 0 Å². The highest BCUT2D eigenvalue weighted by Crippen LogP contribution is 2.27. The summed E-state index contributed by atoms with van der Waals surface area (Å²) in [5.41, 5.74) is 2.20. The molecule has 0 N–H and O–H groups in total. The van der Waals surface area contributed by atoms with Gasteiger partial charge in [-0.1, -0.05) is 37.3 Å². The van der Waals surface area contributed by atoms with Crippen molar-refractivity contribution in [1.29, 1.82) is 0 Å². The largest absolute Gasteiger partial charge is 0.354 e. The second-order valence-electron chi connectivity index (χ2n) is 7.25. The van der Waals surface area contributed by atoms with Crippen LogP contribution in [0.25, 0.3) is 11.3 Å². The van der Waals surface area contributed by atoms with Gasteiger partial charge in [0.25, 0.3) is 0 Å². The summed E-state index contributed by atoms with van der Waals surface area (Å²) in [5.74, 6) is 1.98. The fraction of sp³-hybridized carbons (Fsp3) is 0.524. The molecule has 1 aromatic heterocycles. The maximum absolute atomic E-state index is 4.98. The molecule has 0 saturated carbocycles. The summed E-state index contributed by atoms with van der Waals surface area (Å²) in [5, 5.41) is 0. The van der Waals surface area contributed by atoms with Gasteiger partial charge in [-0.05, 0) is 25.8 Å². The van der Waals surface area contributed by atoms with Crippen molar-refractivity contribution in [3.05, 3.63) is 36.4 Å². The zero-order valence-electron chi connectivity index (χ0n) is 15.8. The van der Waals surface area contributed by atoms with Crippen LogP contribution in [0.2, 0.25) is 0 Å². The SMILES string of the molecule is CCN1CCN(c2cc(-c3ccccc3)nc(N3CCCCC3)n2)CC1. The van der Waals surface area contributed by atoms with E-state index in [0.717, 1.165) is 63.3 Å². The molecule has 5 heteroatoms. The lowest BCUT2D eigenvalue weighted by Crippen LogP contribution is -2.46. The molecule has 1 aromatic carbocycles. The highest BCUT2D eigenvalue weighted by molar-refractivity contribution is 5.65. The van der Waals surface area contributed by atoms with Gasteiger partial charge in [-0.3, -0.25) is 0 Å². The van der Waals surface area contributed by atoms with E-state index in [0.29, 0.717) is 0 Å². The average molecular weight is 351 g/mol. The van der Waals surface area contributed by atoms with Crippen molar-refractivity contribution in [1.82, 2.24) is 14.9 Å². The molecule has 138 valence electrons. The number of piperazine rings is 1. The minimum Gasteiger partial charge on any atom is -0.354 e. The van der Waals surface area contributed by atoms with E-state index in [4.69, 9.17) is 9.97 Å². The van der Waals surface area contributed by atoms with Crippen molar-refractivity contribution in [3.63, 3.8) is 0 Å². The van der Waals surface area contributed by atoms with Crippen LogP contribution < -0.4 is 9.80 Å². The molecule has 2 saturated heterocycles. The van der Waals surface area contributed by atoms with Crippen molar-refractivity contribution in [2.24, 2.45) is 0 Å². The summed E-state index contributed by atoms with van der Waals surface area (Å²) >= 11 is 0. The minimum atomic E-state index is 0.902. The summed E-state index contributed by atoms with van der Waals surface area (Å²) < 4.78 is 0. The first kappa shape index (κ1) is 17.3. The van der Waals surface area contributed by atoms with Gasteiger partial charge in [0.2, 0.25) is 5.95 Å². The first-order chi connectivity index (χ1) is 12.8. The molecule has 0 amide bonds. The van der Waals surface area contributed by atoms with E-state index in [9.17, 15) is 0 Å². The Balaban J connectivity index is 1.66. The number of likely N-dealkylation sites (N-methyl/N-ethyl adjacent to an activating group) is 1. The predicted molar refractivity (Wildman–Crippen MR) is 108 cm³/mol. The molecule has 0 atom stereocenters. The van der Waals surface area contributed by atoms with E-state index in [1.807, 2.05) is 0 Å². The molecule has 0 aliphatic carbocycles. The normalized spacial score (nSPS) is 19.0. The summed E-state index contributed by atoms with van der Waals surface area (Å²) in [6, 6.07) is 12.7. The highest BCUT2D eigenvalue weighted by Gasteiger charge is 2.21. The number of aromatic nitrogens is 2. The number of nitrogens with zero attached hydrogens (tertiary/aromatic N) is 5. The zero-order valence-corrected chi connectivity index (χ0v) is 15.8. The zero-order chi connectivity index (χ0) is 17.8. The van der Waals surface area contributed by atoms with Crippen molar-refractivity contribution < 1.29 is 0 Å². The molecule has 4 rings (SSSR count). The maximum atomic E-state index is 4.98. The fourth-order valence-corrected chi connectivity index (χ4v) is 3.87. The van der Waals surface area contributed by atoms with Gasteiger partial charge in [0, 0.05) is 50.9 Å². The monoisotopic (exact) mass is 351 g/mol. The lowest BCUT2D eigenvalue weighted by molar-refractivity contribution is 0.270. The number of hydrogen-bond donors (Lipinski definition) is 0. The van der Waals surface area contributed by atoms with Gasteiger partial charge in [-0.15, -0.1) is 0 Å². The number of benzene rings is 1. The van der Waals surface area contributed by atoms with Crippen LogP contribution in [0.4, 0.5) is 11.8 Å². The van der Waals surface area contributed by atoms with Crippen LogP contribution in [0, 0.1) is 0 Å². The molecule has 2 aliphatic heterocycles. The quantitative estimate of drug-likeness (QED) is 0.845. The van der Waals surface area contributed by atoms with Crippen LogP contribution in [0.5, 0.6) is 0 Å². The van der Waals surface area contributed by atoms with E-state index in [-0.39, 0.29) is 0 Å². The number of anilines is 2. The Morgan fingerprint density at radius 3 is 2.23 bits per heavy atom. The number of hydrogen-bond acceptors (Lipinski definition) is 5. The average Bonchev–Trinajstić information content (AvgIpc) is 2.75. The summed E-state index contributed by atoms with van der Waals surface area (Å²) in [4.78, 5) is 17.2. The second-order valence-corrected chi connectivity index (χ2v) is 7.25. The molecule has 2 fully saturated rings. The third-order valence-electron chi connectivity index (χ3n) is 5.55. The van der Waals surface area contributed by atoms with Crippen molar-refractivity contribution in [2.45, 2.75) is 26.2 Å². The van der Waals surface area contributed by atoms with E-state index >= 15 is 0 Å². The minimum absolute atomic E-state index is 0.902. The van der Waals surface area contributed by atoms with Gasteiger partial charge in [0.1, 0.15) is 5.82 Å². The van der Waals surface area contributed by atoms with E-state index < -0.39 is 0 Å². The van der Waals surface area contributed by atoms with E-state index in [2.05, 4.69) is 58.0 Å². The van der Waals surface area contributed by atoms with Gasteiger partial charge in [-0.2, -0.15) is 4.98 Å². The van der Waals surface area contributed by atoms with Crippen molar-refractivity contribution in [2.75, 3.05) is 55.6 Å². The summed E-state index contributed by atoms with van der Waals surface area (Å²) in [7, 11) is 0. The van der Waals surface area contributed by atoms with E-state index in [1.54, 1.807) is 0 Å². The second kappa shape index (κ2) is 8.04. The molecule has 26 heavy (non-hydrogen) atoms.